The van der Waals surface area contributed by atoms with Crippen molar-refractivity contribution in [2.45, 2.75) is 38.1 Å². The number of hydrogen-bond donors (Lipinski definition) is 1. The van der Waals surface area contributed by atoms with Crippen LogP contribution < -0.4 is 10.3 Å². The minimum atomic E-state index is -1.12. The predicted molar refractivity (Wildman–Crippen MR) is 174 cm³/mol. The highest BCUT2D eigenvalue weighted by atomic mass is 16.6. The zero-order valence-electron chi connectivity index (χ0n) is 25.6. The Morgan fingerprint density at radius 3 is 1.85 bits per heavy atom. The number of hydrogen-bond acceptors (Lipinski definition) is 7. The van der Waals surface area contributed by atoms with Crippen LogP contribution in [0.1, 0.15) is 33.9 Å². The van der Waals surface area contributed by atoms with E-state index in [2.05, 4.69) is 0 Å². The van der Waals surface area contributed by atoms with Crippen molar-refractivity contribution in [1.82, 2.24) is 4.57 Å². The normalized spacial score (nSPS) is 13.0. The number of ether oxygens (including phenoxy) is 4. The van der Waals surface area contributed by atoms with Gasteiger partial charge in [0.25, 0.3) is 5.56 Å². The van der Waals surface area contributed by atoms with Gasteiger partial charge in [0, 0.05) is 17.4 Å². The molecule has 0 saturated heterocycles. The van der Waals surface area contributed by atoms with E-state index in [0.717, 1.165) is 16.7 Å². The quantitative estimate of drug-likeness (QED) is 0.151. The lowest BCUT2D eigenvalue weighted by Gasteiger charge is -2.32. The van der Waals surface area contributed by atoms with Gasteiger partial charge < -0.3 is 24.1 Å². The number of aliphatic hydroxyl groups excluding tert-OH is 1. The lowest BCUT2D eigenvalue weighted by atomic mass is 9.99. The van der Waals surface area contributed by atoms with Gasteiger partial charge in [-0.05, 0) is 47.0 Å². The minimum Gasteiger partial charge on any atom is -0.497 e. The minimum absolute atomic E-state index is 0.0389. The third kappa shape index (κ3) is 8.57. The van der Waals surface area contributed by atoms with E-state index in [1.807, 2.05) is 97.1 Å². The van der Waals surface area contributed by atoms with E-state index in [4.69, 9.17) is 18.9 Å². The summed E-state index contributed by atoms with van der Waals surface area (Å²) in [5.41, 5.74) is 3.27. The Balaban J connectivity index is 1.53. The largest absolute Gasteiger partial charge is 0.497 e. The third-order valence-electron chi connectivity index (χ3n) is 7.47. The van der Waals surface area contributed by atoms with E-state index < -0.39 is 23.9 Å². The van der Waals surface area contributed by atoms with Gasteiger partial charge in [-0.2, -0.15) is 5.26 Å². The molecule has 1 N–H and O–H groups in total. The Morgan fingerprint density at radius 1 is 0.761 bits per heavy atom. The molecule has 0 aliphatic rings. The van der Waals surface area contributed by atoms with Crippen molar-refractivity contribution >= 4 is 0 Å². The Morgan fingerprint density at radius 2 is 1.30 bits per heavy atom. The number of benzene rings is 4. The summed E-state index contributed by atoms with van der Waals surface area (Å²) in [4.78, 5) is 13.4. The molecule has 0 fully saturated rings. The molecule has 0 aliphatic heterocycles. The summed E-state index contributed by atoms with van der Waals surface area (Å²) in [6.07, 6.45) is -1.32. The molecule has 0 bridgehead atoms. The highest BCUT2D eigenvalue weighted by molar-refractivity contribution is 5.41. The Hall–Kier alpha value is -5.04. The average molecular weight is 617 g/mol. The molecule has 8 heteroatoms. The van der Waals surface area contributed by atoms with Crippen LogP contribution in [0.5, 0.6) is 5.75 Å². The van der Waals surface area contributed by atoms with E-state index in [1.165, 1.54) is 10.6 Å². The van der Waals surface area contributed by atoms with Crippen molar-refractivity contribution in [1.29, 1.82) is 5.26 Å². The van der Waals surface area contributed by atoms with Gasteiger partial charge in [0.05, 0.1) is 33.5 Å². The Bertz CT molecular complexity index is 1750. The summed E-state index contributed by atoms with van der Waals surface area (Å²) in [5.74, 6) is 0.630. The van der Waals surface area contributed by atoms with Crippen LogP contribution in [0.3, 0.4) is 0 Å². The molecule has 4 aromatic carbocycles. The van der Waals surface area contributed by atoms with Gasteiger partial charge in [0.2, 0.25) is 0 Å². The van der Waals surface area contributed by atoms with Crippen LogP contribution >= 0.6 is 0 Å². The summed E-state index contributed by atoms with van der Waals surface area (Å²) in [7, 11) is 1.56. The average Bonchev–Trinajstić information content (AvgIpc) is 3.11. The maximum absolute atomic E-state index is 13.4. The number of nitriles is 1. The zero-order valence-corrected chi connectivity index (χ0v) is 25.6. The van der Waals surface area contributed by atoms with Gasteiger partial charge in [-0.1, -0.05) is 91.0 Å². The van der Waals surface area contributed by atoms with Crippen molar-refractivity contribution < 1.29 is 24.1 Å². The van der Waals surface area contributed by atoms with Gasteiger partial charge in [-0.25, -0.2) is 0 Å². The maximum Gasteiger partial charge on any atom is 0.273 e. The maximum atomic E-state index is 13.4. The number of pyridine rings is 1. The molecule has 46 heavy (non-hydrogen) atoms. The number of methoxy groups -OCH3 is 1. The van der Waals surface area contributed by atoms with E-state index in [0.29, 0.717) is 23.6 Å². The van der Waals surface area contributed by atoms with Crippen molar-refractivity contribution in [3.8, 4) is 17.5 Å². The van der Waals surface area contributed by atoms with E-state index >= 15 is 0 Å². The first-order chi connectivity index (χ1) is 22.6. The lowest BCUT2D eigenvalue weighted by molar-refractivity contribution is -0.150. The molecular formula is C38H36N2O6. The van der Waals surface area contributed by atoms with Gasteiger partial charge in [-0.15, -0.1) is 0 Å². The van der Waals surface area contributed by atoms with Crippen molar-refractivity contribution in [3.05, 3.63) is 166 Å². The molecule has 8 nitrogen and oxygen atoms in total. The second-order valence-corrected chi connectivity index (χ2v) is 10.7. The molecule has 0 aliphatic carbocycles. The number of rotatable bonds is 15. The summed E-state index contributed by atoms with van der Waals surface area (Å²) in [6.45, 7) is 0.649. The summed E-state index contributed by atoms with van der Waals surface area (Å²) >= 11 is 0. The third-order valence-corrected chi connectivity index (χ3v) is 7.47. The highest BCUT2D eigenvalue weighted by Crippen LogP contribution is 2.30. The molecular weight excluding hydrogens is 580 g/mol. The summed E-state index contributed by atoms with van der Waals surface area (Å²) < 4.78 is 25.6. The van der Waals surface area contributed by atoms with Crippen LogP contribution in [0.15, 0.2) is 132 Å². The van der Waals surface area contributed by atoms with Crippen LogP contribution in [-0.4, -0.2) is 35.6 Å². The van der Waals surface area contributed by atoms with Gasteiger partial charge >= 0.3 is 0 Å². The second kappa shape index (κ2) is 16.3. The van der Waals surface area contributed by atoms with Gasteiger partial charge in [0.1, 0.15) is 35.7 Å². The lowest BCUT2D eigenvalue weighted by Crippen LogP contribution is -2.39. The topological polar surface area (TPSA) is 103 Å². The first-order valence-electron chi connectivity index (χ1n) is 15.0. The fourth-order valence-corrected chi connectivity index (χ4v) is 5.05. The number of aliphatic hydroxyl groups is 1. The molecule has 0 spiro atoms. The molecule has 0 radical (unpaired) electrons. The molecule has 0 saturated carbocycles. The molecule has 1 aromatic heterocycles. The monoisotopic (exact) mass is 616 g/mol. The molecule has 5 aromatic rings. The van der Waals surface area contributed by atoms with Crippen molar-refractivity contribution in [3.63, 3.8) is 0 Å². The standard InChI is InChI=1S/C38H36N2O6/c1-43-34-19-17-33(18-20-34)40-23-32(21-31(22-39)38(40)42)36(45-25-29-13-7-3-8-14-29)37(46-26-30-15-9-4-10-16-30)35(41)27-44-24-28-11-5-2-6-12-28/h2-21,23,35-37,41H,24-27H2,1H3/t35-,36-,37-/m1/s1. The SMILES string of the molecule is COc1ccc(-n2cc([C@@H](OCc3ccccc3)[C@H](OCc3ccccc3)[C@H](O)COCc3ccccc3)cc(C#N)c2=O)cc1. The van der Waals surface area contributed by atoms with Gasteiger partial charge in [0.15, 0.2) is 0 Å². The van der Waals surface area contributed by atoms with E-state index in [9.17, 15) is 15.2 Å². The summed E-state index contributed by atoms with van der Waals surface area (Å²) in [5, 5.41) is 21.6. The van der Waals surface area contributed by atoms with Crippen molar-refractivity contribution in [2.75, 3.05) is 13.7 Å². The summed E-state index contributed by atoms with van der Waals surface area (Å²) in [6, 6.07) is 39.5. The highest BCUT2D eigenvalue weighted by Gasteiger charge is 2.33. The fraction of sp³-hybridized carbons (Fsp3) is 0.211. The molecule has 1 heterocycles. The van der Waals surface area contributed by atoms with Crippen LogP contribution in [0.2, 0.25) is 0 Å². The second-order valence-electron chi connectivity index (χ2n) is 10.7. The fourth-order valence-electron chi connectivity index (χ4n) is 5.05. The molecule has 5 rings (SSSR count). The van der Waals surface area contributed by atoms with Crippen LogP contribution in [-0.2, 0) is 34.0 Å². The van der Waals surface area contributed by atoms with Crippen LogP contribution in [0.25, 0.3) is 5.69 Å². The number of nitrogens with zero attached hydrogens (tertiary/aromatic N) is 2. The van der Waals surface area contributed by atoms with E-state index in [1.54, 1.807) is 37.6 Å². The van der Waals surface area contributed by atoms with Crippen LogP contribution in [0, 0.1) is 11.3 Å². The smallest absolute Gasteiger partial charge is 0.273 e. The first-order valence-corrected chi connectivity index (χ1v) is 15.0. The molecule has 0 amide bonds. The molecule has 234 valence electrons. The Kier molecular flexibility index (Phi) is 11.5. The van der Waals surface area contributed by atoms with Gasteiger partial charge in [-0.3, -0.25) is 9.36 Å². The van der Waals surface area contributed by atoms with Crippen molar-refractivity contribution in [2.24, 2.45) is 0 Å². The number of aromatic nitrogens is 1. The zero-order chi connectivity index (χ0) is 32.1. The first kappa shape index (κ1) is 32.4. The Labute approximate surface area is 268 Å². The molecule has 3 atom stereocenters. The van der Waals surface area contributed by atoms with E-state index in [-0.39, 0.29) is 25.4 Å². The predicted octanol–water partition coefficient (Wildman–Crippen LogP) is 6.14. The molecule has 0 unspecified atom stereocenters. The van der Waals surface area contributed by atoms with Crippen LogP contribution in [0.4, 0.5) is 0 Å².